The van der Waals surface area contributed by atoms with Gasteiger partial charge in [0.25, 0.3) is 0 Å². The molecule has 1 heteroatoms. The summed E-state index contributed by atoms with van der Waals surface area (Å²) in [7, 11) is 0. The molecule has 0 amide bonds. The van der Waals surface area contributed by atoms with E-state index in [9.17, 15) is 0 Å². The zero-order valence-electron chi connectivity index (χ0n) is 18.0. The predicted octanol–water partition coefficient (Wildman–Crippen LogP) is 9.65. The van der Waals surface area contributed by atoms with Crippen LogP contribution in [0.4, 0.5) is 0 Å². The second kappa shape index (κ2) is 8.24. The van der Waals surface area contributed by atoms with Crippen LogP contribution >= 0.6 is 11.6 Å². The minimum absolute atomic E-state index is 0.739. The molecular weight excluding hydrogens is 420 g/mol. The third-order valence-corrected chi connectivity index (χ3v) is 6.52. The standard InChI is InChI=1S/C32H21Cl/c33-27-20-30(22-9-3-1-4-10-22)32(31(21-27)23-11-5-2-6-12-23)26-17-18-29-25(19-26)16-15-24-13-7-8-14-28(24)29/h1-21H. The first kappa shape index (κ1) is 19.8. The molecule has 0 bridgehead atoms. The number of halogens is 1. The molecule has 0 radical (unpaired) electrons. The second-order valence-electron chi connectivity index (χ2n) is 8.33. The quantitative estimate of drug-likeness (QED) is 0.240. The SMILES string of the molecule is Clc1cc(-c2ccccc2)c(-c2ccc3c(ccc4ccccc43)c2)c(-c2ccccc2)c1. The summed E-state index contributed by atoms with van der Waals surface area (Å²) in [6.07, 6.45) is 0. The monoisotopic (exact) mass is 440 g/mol. The molecule has 33 heavy (non-hydrogen) atoms. The maximum atomic E-state index is 6.67. The largest absolute Gasteiger partial charge is 0.0843 e. The summed E-state index contributed by atoms with van der Waals surface area (Å²) in [5, 5.41) is 5.79. The van der Waals surface area contributed by atoms with Gasteiger partial charge in [0.1, 0.15) is 0 Å². The molecule has 0 heterocycles. The van der Waals surface area contributed by atoms with Crippen LogP contribution in [0, 0.1) is 0 Å². The summed E-state index contributed by atoms with van der Waals surface area (Å²) >= 11 is 6.67. The highest BCUT2D eigenvalue weighted by atomic mass is 35.5. The van der Waals surface area contributed by atoms with Crippen molar-refractivity contribution in [3.05, 3.63) is 132 Å². The third kappa shape index (κ3) is 3.59. The average molecular weight is 441 g/mol. The van der Waals surface area contributed by atoms with E-state index in [1.807, 2.05) is 12.1 Å². The minimum Gasteiger partial charge on any atom is -0.0843 e. The maximum Gasteiger partial charge on any atom is 0.0418 e. The van der Waals surface area contributed by atoms with Gasteiger partial charge < -0.3 is 0 Å². The molecule has 0 aliphatic heterocycles. The van der Waals surface area contributed by atoms with Crippen molar-refractivity contribution in [1.82, 2.24) is 0 Å². The lowest BCUT2D eigenvalue weighted by Gasteiger charge is -2.18. The lowest BCUT2D eigenvalue weighted by Crippen LogP contribution is -1.92. The highest BCUT2D eigenvalue weighted by Gasteiger charge is 2.16. The van der Waals surface area contributed by atoms with Crippen LogP contribution in [0.1, 0.15) is 0 Å². The summed E-state index contributed by atoms with van der Waals surface area (Å²) in [5.74, 6) is 0. The smallest absolute Gasteiger partial charge is 0.0418 e. The molecule has 6 rings (SSSR count). The first-order valence-corrected chi connectivity index (χ1v) is 11.5. The van der Waals surface area contributed by atoms with Gasteiger partial charge in [-0.15, -0.1) is 0 Å². The van der Waals surface area contributed by atoms with Gasteiger partial charge in [-0.05, 0) is 73.1 Å². The summed E-state index contributed by atoms with van der Waals surface area (Å²) in [5.41, 5.74) is 6.99. The normalized spacial score (nSPS) is 11.2. The topological polar surface area (TPSA) is 0 Å². The molecule has 0 nitrogen and oxygen atoms in total. The van der Waals surface area contributed by atoms with Crippen LogP contribution in [0.15, 0.2) is 127 Å². The van der Waals surface area contributed by atoms with Crippen LogP contribution in [-0.2, 0) is 0 Å². The number of benzene rings is 6. The van der Waals surface area contributed by atoms with Crippen molar-refractivity contribution in [3.63, 3.8) is 0 Å². The Bertz CT molecular complexity index is 1540. The summed E-state index contributed by atoms with van der Waals surface area (Å²) in [6.45, 7) is 0. The highest BCUT2D eigenvalue weighted by Crippen LogP contribution is 2.43. The molecule has 6 aromatic carbocycles. The highest BCUT2D eigenvalue weighted by molar-refractivity contribution is 6.31. The molecule has 0 unspecified atom stereocenters. The molecule has 6 aromatic rings. The number of fused-ring (bicyclic) bond motifs is 3. The molecule has 0 atom stereocenters. The summed E-state index contributed by atoms with van der Waals surface area (Å²) in [4.78, 5) is 0. The van der Waals surface area contributed by atoms with E-state index < -0.39 is 0 Å². The zero-order chi connectivity index (χ0) is 22.2. The van der Waals surface area contributed by atoms with Gasteiger partial charge in [0.15, 0.2) is 0 Å². The minimum atomic E-state index is 0.739. The van der Waals surface area contributed by atoms with E-state index in [0.29, 0.717) is 0 Å². The van der Waals surface area contributed by atoms with E-state index in [0.717, 1.165) is 27.3 Å². The molecule has 0 aliphatic carbocycles. The Hall–Kier alpha value is -3.87. The molecule has 0 aromatic heterocycles. The molecule has 0 fully saturated rings. The van der Waals surface area contributed by atoms with Gasteiger partial charge in [0.05, 0.1) is 0 Å². The van der Waals surface area contributed by atoms with Crippen molar-refractivity contribution in [1.29, 1.82) is 0 Å². The first-order valence-electron chi connectivity index (χ1n) is 11.1. The molecule has 0 saturated carbocycles. The molecule has 156 valence electrons. The Labute approximate surface area is 198 Å². The van der Waals surface area contributed by atoms with E-state index in [1.165, 1.54) is 32.7 Å². The maximum absolute atomic E-state index is 6.67. The van der Waals surface area contributed by atoms with Crippen molar-refractivity contribution in [2.45, 2.75) is 0 Å². The van der Waals surface area contributed by atoms with Crippen molar-refractivity contribution >= 4 is 33.1 Å². The van der Waals surface area contributed by atoms with Crippen molar-refractivity contribution in [2.24, 2.45) is 0 Å². The van der Waals surface area contributed by atoms with Crippen molar-refractivity contribution < 1.29 is 0 Å². The lowest BCUT2D eigenvalue weighted by atomic mass is 9.86. The van der Waals surface area contributed by atoms with Crippen LogP contribution in [0.25, 0.3) is 54.9 Å². The molecule has 0 spiro atoms. The van der Waals surface area contributed by atoms with Crippen molar-refractivity contribution in [3.8, 4) is 33.4 Å². The van der Waals surface area contributed by atoms with Gasteiger partial charge in [-0.2, -0.15) is 0 Å². The van der Waals surface area contributed by atoms with E-state index in [1.54, 1.807) is 0 Å². The van der Waals surface area contributed by atoms with E-state index in [-0.39, 0.29) is 0 Å². The molecular formula is C32H21Cl. The van der Waals surface area contributed by atoms with Crippen LogP contribution in [0.5, 0.6) is 0 Å². The molecule has 0 aliphatic rings. The molecule has 0 saturated heterocycles. The fourth-order valence-electron chi connectivity index (χ4n) is 4.78. The van der Waals surface area contributed by atoms with E-state index in [4.69, 9.17) is 11.6 Å². The van der Waals surface area contributed by atoms with Crippen molar-refractivity contribution in [2.75, 3.05) is 0 Å². The van der Waals surface area contributed by atoms with E-state index in [2.05, 4.69) is 115 Å². The first-order chi connectivity index (χ1) is 16.3. The fourth-order valence-corrected chi connectivity index (χ4v) is 5.00. The fraction of sp³-hybridized carbons (Fsp3) is 0. The van der Waals surface area contributed by atoms with Crippen LogP contribution in [0.3, 0.4) is 0 Å². The van der Waals surface area contributed by atoms with Gasteiger partial charge in [-0.3, -0.25) is 0 Å². The van der Waals surface area contributed by atoms with Gasteiger partial charge in [-0.1, -0.05) is 121 Å². The second-order valence-corrected chi connectivity index (χ2v) is 8.77. The Morgan fingerprint density at radius 3 is 1.61 bits per heavy atom. The third-order valence-electron chi connectivity index (χ3n) is 6.31. The number of rotatable bonds is 3. The van der Waals surface area contributed by atoms with Gasteiger partial charge in [-0.25, -0.2) is 0 Å². The van der Waals surface area contributed by atoms with Crippen LogP contribution in [-0.4, -0.2) is 0 Å². The van der Waals surface area contributed by atoms with Crippen LogP contribution in [0.2, 0.25) is 5.02 Å². The summed E-state index contributed by atoms with van der Waals surface area (Å²) in [6, 6.07) is 45.0. The van der Waals surface area contributed by atoms with Gasteiger partial charge >= 0.3 is 0 Å². The predicted molar refractivity (Wildman–Crippen MR) is 143 cm³/mol. The zero-order valence-corrected chi connectivity index (χ0v) is 18.8. The Morgan fingerprint density at radius 1 is 0.394 bits per heavy atom. The Balaban J connectivity index is 1.67. The lowest BCUT2D eigenvalue weighted by molar-refractivity contribution is 1.57. The number of hydrogen-bond acceptors (Lipinski definition) is 0. The van der Waals surface area contributed by atoms with E-state index >= 15 is 0 Å². The number of hydrogen-bond donors (Lipinski definition) is 0. The Kier molecular flexibility index (Phi) is 4.94. The average Bonchev–Trinajstić information content (AvgIpc) is 2.89. The molecule has 0 N–H and O–H groups in total. The Morgan fingerprint density at radius 2 is 0.939 bits per heavy atom. The van der Waals surface area contributed by atoms with Gasteiger partial charge in [0.2, 0.25) is 0 Å². The summed E-state index contributed by atoms with van der Waals surface area (Å²) < 4.78 is 0. The van der Waals surface area contributed by atoms with Gasteiger partial charge in [0, 0.05) is 5.02 Å². The van der Waals surface area contributed by atoms with Crippen LogP contribution < -0.4 is 0 Å².